The fourth-order valence-corrected chi connectivity index (χ4v) is 3.91. The van der Waals surface area contributed by atoms with Gasteiger partial charge in [0.05, 0.1) is 25.7 Å². The van der Waals surface area contributed by atoms with Gasteiger partial charge >= 0.3 is 0 Å². The molecule has 0 radical (unpaired) electrons. The monoisotopic (exact) mass is 431 g/mol. The standard InChI is InChI=1S/C24H25N5O3/c1-31-22-7-6-18(12-21(22)30)27-23-19-13-20(28-24(19)26-15-25-23)17-4-2-16(3-5-17)14-29-8-10-32-11-9-29/h2-7,12-13,15,30H,8-11,14H2,1H3,(H2,25,26,27,28). The Morgan fingerprint density at radius 2 is 1.91 bits per heavy atom. The molecule has 1 saturated heterocycles. The summed E-state index contributed by atoms with van der Waals surface area (Å²) in [5, 5.41) is 14.2. The first-order chi connectivity index (χ1) is 15.7. The van der Waals surface area contributed by atoms with Gasteiger partial charge in [0.1, 0.15) is 17.8 Å². The molecular weight excluding hydrogens is 406 g/mol. The Morgan fingerprint density at radius 1 is 1.09 bits per heavy atom. The molecule has 8 heteroatoms. The predicted octanol–water partition coefficient (Wildman–Crippen LogP) is 3.91. The number of phenolic OH excluding ortho intramolecular Hbond substituents is 1. The molecule has 4 aromatic rings. The smallest absolute Gasteiger partial charge is 0.160 e. The predicted molar refractivity (Wildman–Crippen MR) is 123 cm³/mol. The first kappa shape index (κ1) is 20.3. The summed E-state index contributed by atoms with van der Waals surface area (Å²) in [5.41, 5.74) is 4.79. The molecule has 0 atom stereocenters. The van der Waals surface area contributed by atoms with Crippen LogP contribution < -0.4 is 10.1 Å². The van der Waals surface area contributed by atoms with Crippen molar-refractivity contribution in [2.24, 2.45) is 0 Å². The van der Waals surface area contributed by atoms with Crippen molar-refractivity contribution in [3.05, 3.63) is 60.4 Å². The summed E-state index contributed by atoms with van der Waals surface area (Å²) in [6.45, 7) is 4.50. The number of phenols is 1. The number of aromatic amines is 1. The van der Waals surface area contributed by atoms with Crippen LogP contribution in [0.4, 0.5) is 11.5 Å². The molecule has 0 aliphatic carbocycles. The number of hydrogen-bond acceptors (Lipinski definition) is 7. The zero-order valence-corrected chi connectivity index (χ0v) is 17.8. The first-order valence-electron chi connectivity index (χ1n) is 10.6. The van der Waals surface area contributed by atoms with Crippen molar-refractivity contribution in [2.75, 3.05) is 38.7 Å². The Hall–Kier alpha value is -3.62. The average molecular weight is 431 g/mol. The van der Waals surface area contributed by atoms with Gasteiger partial charge in [-0.1, -0.05) is 24.3 Å². The number of nitrogens with one attached hydrogen (secondary N) is 2. The number of nitrogens with zero attached hydrogens (tertiary/aromatic N) is 3. The summed E-state index contributed by atoms with van der Waals surface area (Å²) in [4.78, 5) is 14.6. The number of ether oxygens (including phenoxy) is 2. The Kier molecular flexibility index (Phi) is 5.62. The van der Waals surface area contributed by atoms with Gasteiger partial charge < -0.3 is 24.9 Å². The zero-order valence-electron chi connectivity index (χ0n) is 17.8. The lowest BCUT2D eigenvalue weighted by Crippen LogP contribution is -2.35. The maximum atomic E-state index is 10.0. The van der Waals surface area contributed by atoms with E-state index in [1.807, 2.05) is 12.1 Å². The van der Waals surface area contributed by atoms with E-state index < -0.39 is 0 Å². The number of H-pyrrole nitrogens is 1. The van der Waals surface area contributed by atoms with Crippen molar-refractivity contribution < 1.29 is 14.6 Å². The third-order valence-corrected chi connectivity index (χ3v) is 5.64. The molecule has 32 heavy (non-hydrogen) atoms. The van der Waals surface area contributed by atoms with Crippen molar-refractivity contribution in [3.63, 3.8) is 0 Å². The number of fused-ring (bicyclic) bond motifs is 1. The topological polar surface area (TPSA) is 95.5 Å². The van der Waals surface area contributed by atoms with Crippen LogP contribution in [-0.4, -0.2) is 58.4 Å². The number of rotatable bonds is 6. The van der Waals surface area contributed by atoms with Gasteiger partial charge in [0, 0.05) is 37.1 Å². The molecule has 0 spiro atoms. The van der Waals surface area contributed by atoms with E-state index in [2.05, 4.69) is 49.4 Å². The van der Waals surface area contributed by atoms with E-state index in [9.17, 15) is 5.11 Å². The van der Waals surface area contributed by atoms with E-state index in [-0.39, 0.29) is 5.75 Å². The number of aromatic hydroxyl groups is 1. The number of morpholine rings is 1. The largest absolute Gasteiger partial charge is 0.504 e. The number of hydrogen-bond donors (Lipinski definition) is 3. The molecule has 2 aromatic heterocycles. The summed E-state index contributed by atoms with van der Waals surface area (Å²) in [5.74, 6) is 1.14. The Morgan fingerprint density at radius 3 is 2.66 bits per heavy atom. The second-order valence-electron chi connectivity index (χ2n) is 7.76. The van der Waals surface area contributed by atoms with E-state index in [4.69, 9.17) is 9.47 Å². The van der Waals surface area contributed by atoms with Gasteiger partial charge in [-0.25, -0.2) is 9.97 Å². The molecule has 8 nitrogen and oxygen atoms in total. The lowest BCUT2D eigenvalue weighted by Gasteiger charge is -2.26. The van der Waals surface area contributed by atoms with Crippen LogP contribution in [0.1, 0.15) is 5.56 Å². The lowest BCUT2D eigenvalue weighted by atomic mass is 10.1. The van der Waals surface area contributed by atoms with Crippen molar-refractivity contribution >= 4 is 22.5 Å². The summed E-state index contributed by atoms with van der Waals surface area (Å²) in [6.07, 6.45) is 1.51. The third-order valence-electron chi connectivity index (χ3n) is 5.64. The van der Waals surface area contributed by atoms with Gasteiger partial charge in [0.2, 0.25) is 0 Å². The van der Waals surface area contributed by atoms with Crippen molar-refractivity contribution in [1.82, 2.24) is 19.9 Å². The Balaban J connectivity index is 1.37. The van der Waals surface area contributed by atoms with Crippen LogP contribution in [0.3, 0.4) is 0 Å². The van der Waals surface area contributed by atoms with Gasteiger partial charge in [-0.05, 0) is 29.3 Å². The third kappa shape index (κ3) is 4.23. The Labute approximate surface area is 185 Å². The second kappa shape index (κ2) is 8.86. The molecule has 3 N–H and O–H groups in total. The molecule has 1 aliphatic rings. The molecule has 1 fully saturated rings. The van der Waals surface area contributed by atoms with Crippen molar-refractivity contribution in [2.45, 2.75) is 6.54 Å². The highest BCUT2D eigenvalue weighted by molar-refractivity contribution is 5.93. The molecule has 3 heterocycles. The second-order valence-corrected chi connectivity index (χ2v) is 7.76. The fourth-order valence-electron chi connectivity index (χ4n) is 3.91. The summed E-state index contributed by atoms with van der Waals surface area (Å²) in [7, 11) is 1.52. The molecule has 2 aromatic carbocycles. The molecule has 164 valence electrons. The zero-order chi connectivity index (χ0) is 21.9. The Bertz CT molecular complexity index is 1220. The van der Waals surface area contributed by atoms with Gasteiger partial charge in [-0.3, -0.25) is 4.90 Å². The van der Waals surface area contributed by atoms with Crippen LogP contribution in [0.25, 0.3) is 22.3 Å². The van der Waals surface area contributed by atoms with E-state index in [0.29, 0.717) is 17.3 Å². The number of aromatic nitrogens is 3. The molecule has 0 amide bonds. The van der Waals surface area contributed by atoms with Crippen LogP contribution in [0.2, 0.25) is 0 Å². The first-order valence-corrected chi connectivity index (χ1v) is 10.6. The molecular formula is C24H25N5O3. The van der Waals surface area contributed by atoms with Crippen molar-refractivity contribution in [1.29, 1.82) is 0 Å². The van der Waals surface area contributed by atoms with E-state index in [1.165, 1.54) is 19.0 Å². The van der Waals surface area contributed by atoms with E-state index in [1.54, 1.807) is 12.1 Å². The number of benzene rings is 2. The minimum Gasteiger partial charge on any atom is -0.504 e. The van der Waals surface area contributed by atoms with Gasteiger partial charge in [0.15, 0.2) is 11.5 Å². The van der Waals surface area contributed by atoms with Gasteiger partial charge in [0.25, 0.3) is 0 Å². The SMILES string of the molecule is COc1ccc(Nc2ncnc3[nH]c(-c4ccc(CN5CCOCC5)cc4)cc23)cc1O. The van der Waals surface area contributed by atoms with Crippen molar-refractivity contribution in [3.8, 4) is 22.8 Å². The van der Waals surface area contributed by atoms with Gasteiger partial charge in [-0.2, -0.15) is 0 Å². The van der Waals surface area contributed by atoms with Crippen LogP contribution in [-0.2, 0) is 11.3 Å². The van der Waals surface area contributed by atoms with Crippen LogP contribution >= 0.6 is 0 Å². The van der Waals surface area contributed by atoms with E-state index in [0.717, 1.165) is 55.1 Å². The molecule has 0 saturated carbocycles. The van der Waals surface area contributed by atoms with Gasteiger partial charge in [-0.15, -0.1) is 0 Å². The summed E-state index contributed by atoms with van der Waals surface area (Å²) < 4.78 is 10.5. The molecule has 1 aliphatic heterocycles. The number of anilines is 2. The summed E-state index contributed by atoms with van der Waals surface area (Å²) >= 11 is 0. The minimum absolute atomic E-state index is 0.0646. The molecule has 5 rings (SSSR count). The average Bonchev–Trinajstić information content (AvgIpc) is 3.26. The number of methoxy groups -OCH3 is 1. The lowest BCUT2D eigenvalue weighted by molar-refractivity contribution is 0.0342. The maximum absolute atomic E-state index is 10.0. The quantitative estimate of drug-likeness (QED) is 0.426. The highest BCUT2D eigenvalue weighted by atomic mass is 16.5. The summed E-state index contributed by atoms with van der Waals surface area (Å²) in [6, 6.07) is 15.8. The van der Waals surface area contributed by atoms with Crippen LogP contribution in [0.5, 0.6) is 11.5 Å². The minimum atomic E-state index is 0.0646. The highest BCUT2D eigenvalue weighted by Crippen LogP contribution is 2.32. The maximum Gasteiger partial charge on any atom is 0.160 e. The normalized spacial score (nSPS) is 14.5. The van der Waals surface area contributed by atoms with E-state index >= 15 is 0 Å². The molecule has 0 unspecified atom stereocenters. The highest BCUT2D eigenvalue weighted by Gasteiger charge is 2.13. The van der Waals surface area contributed by atoms with Crippen LogP contribution in [0.15, 0.2) is 54.9 Å². The molecule has 0 bridgehead atoms. The van der Waals surface area contributed by atoms with Crippen LogP contribution in [0, 0.1) is 0 Å². The fraction of sp³-hybridized carbons (Fsp3) is 0.250.